The van der Waals surface area contributed by atoms with Crippen LogP contribution in [0.15, 0.2) is 34.5 Å². The molecule has 0 unspecified atom stereocenters. The van der Waals surface area contributed by atoms with Gasteiger partial charge in [-0.3, -0.25) is 4.79 Å². The first-order chi connectivity index (χ1) is 9.95. The van der Waals surface area contributed by atoms with Gasteiger partial charge in [-0.1, -0.05) is 11.6 Å². The summed E-state index contributed by atoms with van der Waals surface area (Å²) in [5.41, 5.74) is 0.158. The number of nitrogens with one attached hydrogen (secondary N) is 1. The average Bonchev–Trinajstić information content (AvgIpc) is 3.05. The molecule has 1 N–H and O–H groups in total. The van der Waals surface area contributed by atoms with Gasteiger partial charge in [-0.15, -0.1) is 11.3 Å². The first-order valence-electron chi connectivity index (χ1n) is 5.68. The minimum absolute atomic E-state index is 0.0263. The summed E-state index contributed by atoms with van der Waals surface area (Å²) < 4.78 is 36.6. The predicted molar refractivity (Wildman–Crippen MR) is 76.5 cm³/mol. The Morgan fingerprint density at radius 3 is 2.67 bits per heavy atom. The molecule has 1 aliphatic rings. The highest BCUT2D eigenvalue weighted by Crippen LogP contribution is 2.32. The van der Waals surface area contributed by atoms with E-state index in [-0.39, 0.29) is 16.6 Å². The van der Waals surface area contributed by atoms with Crippen LogP contribution >= 0.6 is 22.9 Å². The van der Waals surface area contributed by atoms with Crippen LogP contribution in [-0.4, -0.2) is 21.1 Å². The summed E-state index contributed by atoms with van der Waals surface area (Å²) in [7, 11) is -3.94. The van der Waals surface area contributed by atoms with E-state index in [2.05, 4.69) is 0 Å². The minimum Gasteiger partial charge on any atom is -0.454 e. The van der Waals surface area contributed by atoms with Crippen molar-refractivity contribution in [3.05, 3.63) is 40.2 Å². The Bertz CT molecular complexity index is 815. The standard InChI is InChI=1S/C12H8ClNO5S2/c13-10-3-4-11(20-10)21(16,17)14-12(15)7-1-2-8-9(5-7)19-6-18-8/h1-5H,6H2,(H,14,15). The third kappa shape index (κ3) is 2.82. The molecule has 0 aliphatic carbocycles. The van der Waals surface area contributed by atoms with Gasteiger partial charge in [-0.25, -0.2) is 13.1 Å². The van der Waals surface area contributed by atoms with E-state index in [4.69, 9.17) is 21.1 Å². The molecule has 0 bridgehead atoms. The Balaban J connectivity index is 1.83. The lowest BCUT2D eigenvalue weighted by Gasteiger charge is -2.05. The fourth-order valence-electron chi connectivity index (χ4n) is 1.71. The van der Waals surface area contributed by atoms with E-state index >= 15 is 0 Å². The van der Waals surface area contributed by atoms with Gasteiger partial charge in [0.15, 0.2) is 11.5 Å². The summed E-state index contributed by atoms with van der Waals surface area (Å²) in [4.78, 5) is 12.0. The van der Waals surface area contributed by atoms with E-state index in [1.54, 1.807) is 6.07 Å². The largest absolute Gasteiger partial charge is 0.454 e. The molecule has 21 heavy (non-hydrogen) atoms. The van der Waals surface area contributed by atoms with E-state index in [9.17, 15) is 13.2 Å². The Hall–Kier alpha value is -1.77. The van der Waals surface area contributed by atoms with Crippen LogP contribution in [0.1, 0.15) is 10.4 Å². The van der Waals surface area contributed by atoms with Crippen LogP contribution in [0.5, 0.6) is 11.5 Å². The van der Waals surface area contributed by atoms with Crippen LogP contribution in [0.25, 0.3) is 0 Å². The number of carbonyl (C=O) groups is 1. The molecule has 9 heteroatoms. The first kappa shape index (κ1) is 14.2. The van der Waals surface area contributed by atoms with Crippen molar-refractivity contribution in [1.82, 2.24) is 4.72 Å². The molecule has 0 atom stereocenters. The average molecular weight is 346 g/mol. The lowest BCUT2D eigenvalue weighted by Crippen LogP contribution is -2.29. The Morgan fingerprint density at radius 1 is 1.19 bits per heavy atom. The van der Waals surface area contributed by atoms with Crippen LogP contribution in [0, 0.1) is 0 Å². The van der Waals surface area contributed by atoms with E-state index in [0.717, 1.165) is 11.3 Å². The summed E-state index contributed by atoms with van der Waals surface area (Å²) in [5, 5.41) is 0. The lowest BCUT2D eigenvalue weighted by molar-refractivity contribution is 0.0981. The lowest BCUT2D eigenvalue weighted by atomic mass is 10.2. The summed E-state index contributed by atoms with van der Waals surface area (Å²) in [6.45, 7) is 0.0758. The fourth-order valence-corrected chi connectivity index (χ4v) is 4.17. The van der Waals surface area contributed by atoms with Gasteiger partial charge < -0.3 is 9.47 Å². The van der Waals surface area contributed by atoms with Gasteiger partial charge >= 0.3 is 0 Å². The Morgan fingerprint density at radius 2 is 1.95 bits per heavy atom. The monoisotopic (exact) mass is 345 g/mol. The van der Waals surface area contributed by atoms with E-state index in [1.165, 1.54) is 24.3 Å². The molecule has 0 radical (unpaired) electrons. The molecule has 110 valence electrons. The molecule has 1 aromatic carbocycles. The number of amides is 1. The van der Waals surface area contributed by atoms with E-state index in [1.807, 2.05) is 4.72 Å². The molecule has 6 nitrogen and oxygen atoms in total. The maximum absolute atomic E-state index is 12.0. The zero-order valence-electron chi connectivity index (χ0n) is 10.3. The zero-order valence-corrected chi connectivity index (χ0v) is 12.7. The number of thiophene rings is 1. The summed E-state index contributed by atoms with van der Waals surface area (Å²) >= 11 is 6.56. The molecule has 1 aromatic heterocycles. The second-order valence-corrected chi connectivity index (χ2v) is 7.69. The van der Waals surface area contributed by atoms with Crippen molar-refractivity contribution < 1.29 is 22.7 Å². The zero-order chi connectivity index (χ0) is 15.0. The molecular weight excluding hydrogens is 338 g/mol. The SMILES string of the molecule is O=C(NS(=O)(=O)c1ccc(Cl)s1)c1ccc2c(c1)OCO2. The maximum atomic E-state index is 12.0. The summed E-state index contributed by atoms with van der Waals surface area (Å²) in [6, 6.07) is 7.22. The minimum atomic E-state index is -3.94. The number of rotatable bonds is 3. The molecule has 0 saturated carbocycles. The number of benzene rings is 1. The van der Waals surface area contributed by atoms with Gasteiger partial charge in [-0.05, 0) is 30.3 Å². The van der Waals surface area contributed by atoms with Crippen molar-refractivity contribution in [3.63, 3.8) is 0 Å². The van der Waals surface area contributed by atoms with Gasteiger partial charge in [-0.2, -0.15) is 0 Å². The van der Waals surface area contributed by atoms with Gasteiger partial charge in [0.25, 0.3) is 15.9 Å². The second kappa shape index (κ2) is 5.21. The number of ether oxygens (including phenoxy) is 2. The number of fused-ring (bicyclic) bond motifs is 1. The normalized spacial score (nSPS) is 13.2. The highest BCUT2D eigenvalue weighted by atomic mass is 35.5. The highest BCUT2D eigenvalue weighted by molar-refractivity contribution is 7.92. The summed E-state index contributed by atoms with van der Waals surface area (Å²) in [5.74, 6) is 0.163. The molecule has 1 aliphatic heterocycles. The maximum Gasteiger partial charge on any atom is 0.273 e. The van der Waals surface area contributed by atoms with Gasteiger partial charge in [0.05, 0.1) is 4.34 Å². The topological polar surface area (TPSA) is 81.7 Å². The Labute approximate surface area is 129 Å². The van der Waals surface area contributed by atoms with Gasteiger partial charge in [0.2, 0.25) is 6.79 Å². The number of hydrogen-bond acceptors (Lipinski definition) is 6. The summed E-state index contributed by atoms with van der Waals surface area (Å²) in [6.07, 6.45) is 0. The van der Waals surface area contributed by atoms with Crippen molar-refractivity contribution in [2.24, 2.45) is 0 Å². The van der Waals surface area contributed by atoms with Crippen molar-refractivity contribution in [1.29, 1.82) is 0 Å². The van der Waals surface area contributed by atoms with Crippen LogP contribution in [-0.2, 0) is 10.0 Å². The van der Waals surface area contributed by atoms with Crippen molar-refractivity contribution in [2.75, 3.05) is 6.79 Å². The quantitative estimate of drug-likeness (QED) is 0.922. The molecule has 0 spiro atoms. The predicted octanol–water partition coefficient (Wildman–Crippen LogP) is 2.25. The van der Waals surface area contributed by atoms with Crippen molar-refractivity contribution in [2.45, 2.75) is 4.21 Å². The number of hydrogen-bond donors (Lipinski definition) is 1. The van der Waals surface area contributed by atoms with Crippen molar-refractivity contribution in [3.8, 4) is 11.5 Å². The first-order valence-corrected chi connectivity index (χ1v) is 8.35. The smallest absolute Gasteiger partial charge is 0.273 e. The molecule has 0 saturated heterocycles. The molecule has 2 heterocycles. The van der Waals surface area contributed by atoms with Crippen LogP contribution in [0.3, 0.4) is 0 Å². The molecular formula is C12H8ClNO5S2. The number of carbonyl (C=O) groups excluding carboxylic acids is 1. The third-order valence-electron chi connectivity index (χ3n) is 2.68. The van der Waals surface area contributed by atoms with E-state index < -0.39 is 15.9 Å². The van der Waals surface area contributed by atoms with Gasteiger partial charge in [0.1, 0.15) is 4.21 Å². The third-order valence-corrected chi connectivity index (χ3v) is 5.73. The molecule has 1 amide bonds. The second-order valence-electron chi connectivity index (χ2n) is 4.06. The van der Waals surface area contributed by atoms with Crippen molar-refractivity contribution >= 4 is 38.9 Å². The Kier molecular flexibility index (Phi) is 3.52. The van der Waals surface area contributed by atoms with Crippen LogP contribution < -0.4 is 14.2 Å². The number of sulfonamides is 1. The van der Waals surface area contributed by atoms with Crippen LogP contribution in [0.2, 0.25) is 4.34 Å². The van der Waals surface area contributed by atoms with E-state index in [0.29, 0.717) is 15.8 Å². The fraction of sp³-hybridized carbons (Fsp3) is 0.0833. The molecule has 3 rings (SSSR count). The highest BCUT2D eigenvalue weighted by Gasteiger charge is 2.22. The molecule has 0 fully saturated rings. The van der Waals surface area contributed by atoms with Crippen LogP contribution in [0.4, 0.5) is 0 Å². The van der Waals surface area contributed by atoms with Gasteiger partial charge in [0, 0.05) is 5.56 Å². The molecule has 2 aromatic rings. The number of halogens is 1.